The van der Waals surface area contributed by atoms with Crippen LogP contribution in [-0.4, -0.2) is 51.2 Å². The summed E-state index contributed by atoms with van der Waals surface area (Å²) in [5, 5.41) is 8.27. The zero-order valence-corrected chi connectivity index (χ0v) is 15.9. The number of aromatic nitrogens is 3. The molecule has 3 aromatic rings. The normalized spacial score (nSPS) is 15.9. The van der Waals surface area contributed by atoms with E-state index in [2.05, 4.69) is 22.2 Å². The van der Waals surface area contributed by atoms with Crippen molar-refractivity contribution in [3.05, 3.63) is 48.3 Å². The zero-order valence-electron chi connectivity index (χ0n) is 15.9. The summed E-state index contributed by atoms with van der Waals surface area (Å²) >= 11 is 0. The maximum Gasteiger partial charge on any atom is 0.252 e. The van der Waals surface area contributed by atoms with Gasteiger partial charge in [-0.25, -0.2) is 4.98 Å². The first kappa shape index (κ1) is 17.7. The lowest BCUT2D eigenvalue weighted by molar-refractivity contribution is 0.0933. The van der Waals surface area contributed by atoms with Crippen LogP contribution in [0.2, 0.25) is 0 Å². The number of pyridine rings is 1. The molecule has 4 rings (SSSR count). The van der Waals surface area contributed by atoms with E-state index in [1.165, 1.54) is 12.8 Å². The first-order chi connectivity index (χ1) is 13.1. The Kier molecular flexibility index (Phi) is 4.90. The standard InChI is InChI=1S/C21H25N5O/c1-15(13-26-9-5-6-10-26)23-21(27)18-11-20(16-12-22-25(2)14-16)24-19-8-4-3-7-17(18)19/h3-4,7-8,11-12,14-15H,5-6,9-10,13H2,1-2H3,(H,23,27). The first-order valence-corrected chi connectivity index (χ1v) is 9.52. The SMILES string of the molecule is CC(CN1CCCC1)NC(=O)c1cc(-c2cnn(C)c2)nc2ccccc12. The van der Waals surface area contributed by atoms with Gasteiger partial charge in [-0.2, -0.15) is 5.10 Å². The van der Waals surface area contributed by atoms with E-state index >= 15 is 0 Å². The number of likely N-dealkylation sites (tertiary alicyclic amines) is 1. The Morgan fingerprint density at radius 1 is 1.26 bits per heavy atom. The minimum atomic E-state index is -0.0505. The van der Waals surface area contributed by atoms with Crippen molar-refractivity contribution in [1.29, 1.82) is 0 Å². The maximum absolute atomic E-state index is 13.1. The van der Waals surface area contributed by atoms with Crippen LogP contribution in [0.1, 0.15) is 30.1 Å². The molecule has 1 aliphatic rings. The molecule has 6 nitrogen and oxygen atoms in total. The average Bonchev–Trinajstić information content (AvgIpc) is 3.32. The zero-order chi connectivity index (χ0) is 18.8. The topological polar surface area (TPSA) is 63.1 Å². The molecule has 1 N–H and O–H groups in total. The second kappa shape index (κ2) is 7.48. The second-order valence-corrected chi connectivity index (χ2v) is 7.36. The lowest BCUT2D eigenvalue weighted by Crippen LogP contribution is -2.41. The molecular weight excluding hydrogens is 338 g/mol. The van der Waals surface area contributed by atoms with Crippen LogP contribution in [0.3, 0.4) is 0 Å². The molecule has 1 aliphatic heterocycles. The van der Waals surface area contributed by atoms with Crippen molar-refractivity contribution >= 4 is 16.8 Å². The number of hydrogen-bond donors (Lipinski definition) is 1. The van der Waals surface area contributed by atoms with Gasteiger partial charge in [-0.1, -0.05) is 18.2 Å². The predicted molar refractivity (Wildman–Crippen MR) is 107 cm³/mol. The van der Waals surface area contributed by atoms with Crippen molar-refractivity contribution in [3.63, 3.8) is 0 Å². The average molecular weight is 363 g/mol. The van der Waals surface area contributed by atoms with Crippen LogP contribution in [-0.2, 0) is 7.05 Å². The monoisotopic (exact) mass is 363 g/mol. The fourth-order valence-electron chi connectivity index (χ4n) is 3.76. The number of rotatable bonds is 5. The Balaban J connectivity index is 1.63. The largest absolute Gasteiger partial charge is 0.348 e. The Hall–Kier alpha value is -2.73. The minimum absolute atomic E-state index is 0.0505. The highest BCUT2D eigenvalue weighted by Gasteiger charge is 2.19. The number of hydrogen-bond acceptors (Lipinski definition) is 4. The van der Waals surface area contributed by atoms with Crippen LogP contribution >= 0.6 is 0 Å². The van der Waals surface area contributed by atoms with Crippen molar-refractivity contribution < 1.29 is 4.79 Å². The maximum atomic E-state index is 13.1. The number of para-hydroxylation sites is 1. The number of carbonyl (C=O) groups excluding carboxylic acids is 1. The van der Waals surface area contributed by atoms with Gasteiger partial charge in [0.2, 0.25) is 0 Å². The summed E-state index contributed by atoms with van der Waals surface area (Å²) in [5.41, 5.74) is 3.14. The minimum Gasteiger partial charge on any atom is -0.348 e. The molecule has 0 bridgehead atoms. The third-order valence-corrected chi connectivity index (χ3v) is 5.07. The summed E-state index contributed by atoms with van der Waals surface area (Å²) in [6.07, 6.45) is 6.19. The summed E-state index contributed by atoms with van der Waals surface area (Å²) in [6.45, 7) is 5.22. The quantitative estimate of drug-likeness (QED) is 0.757. The van der Waals surface area contributed by atoms with Gasteiger partial charge in [0.25, 0.3) is 5.91 Å². The number of aryl methyl sites for hydroxylation is 1. The van der Waals surface area contributed by atoms with Crippen LogP contribution in [0, 0.1) is 0 Å². The molecule has 140 valence electrons. The summed E-state index contributed by atoms with van der Waals surface area (Å²) in [7, 11) is 1.87. The number of amides is 1. The molecule has 1 fully saturated rings. The number of nitrogens with zero attached hydrogens (tertiary/aromatic N) is 4. The lowest BCUT2D eigenvalue weighted by Gasteiger charge is -2.21. The molecule has 27 heavy (non-hydrogen) atoms. The van der Waals surface area contributed by atoms with Gasteiger partial charge in [-0.15, -0.1) is 0 Å². The molecule has 0 saturated carbocycles. The Morgan fingerprint density at radius 2 is 2.04 bits per heavy atom. The molecule has 6 heteroatoms. The van der Waals surface area contributed by atoms with E-state index in [0.29, 0.717) is 5.56 Å². The molecule has 3 heterocycles. The van der Waals surface area contributed by atoms with E-state index in [0.717, 1.165) is 41.8 Å². The van der Waals surface area contributed by atoms with Gasteiger partial charge in [0.1, 0.15) is 0 Å². The molecule has 0 spiro atoms. The van der Waals surface area contributed by atoms with Crippen molar-refractivity contribution in [2.75, 3.05) is 19.6 Å². The number of benzene rings is 1. The van der Waals surface area contributed by atoms with Gasteiger partial charge < -0.3 is 10.2 Å². The van der Waals surface area contributed by atoms with Crippen molar-refractivity contribution in [2.45, 2.75) is 25.8 Å². The highest BCUT2D eigenvalue weighted by Crippen LogP contribution is 2.24. The fraction of sp³-hybridized carbons (Fsp3) is 0.381. The number of fused-ring (bicyclic) bond motifs is 1. The van der Waals surface area contributed by atoms with Crippen molar-refractivity contribution in [1.82, 2.24) is 25.0 Å². The molecular formula is C21H25N5O. The summed E-state index contributed by atoms with van der Waals surface area (Å²) in [6, 6.07) is 9.76. The van der Waals surface area contributed by atoms with Crippen LogP contribution < -0.4 is 5.32 Å². The van der Waals surface area contributed by atoms with Crippen LogP contribution in [0.4, 0.5) is 0 Å². The molecule has 1 unspecified atom stereocenters. The van der Waals surface area contributed by atoms with Gasteiger partial charge in [0, 0.05) is 36.8 Å². The summed E-state index contributed by atoms with van der Waals surface area (Å²) < 4.78 is 1.74. The molecule has 0 aliphatic carbocycles. The molecule has 1 atom stereocenters. The molecule has 2 aromatic heterocycles. The van der Waals surface area contributed by atoms with Gasteiger partial charge in [-0.3, -0.25) is 9.48 Å². The van der Waals surface area contributed by atoms with Crippen molar-refractivity contribution in [2.24, 2.45) is 7.05 Å². The van der Waals surface area contributed by atoms with Gasteiger partial charge >= 0.3 is 0 Å². The second-order valence-electron chi connectivity index (χ2n) is 7.36. The summed E-state index contributed by atoms with van der Waals surface area (Å²) in [4.78, 5) is 20.2. The number of carbonyl (C=O) groups is 1. The van der Waals surface area contributed by atoms with E-state index in [1.807, 2.05) is 43.6 Å². The van der Waals surface area contributed by atoms with Crippen molar-refractivity contribution in [3.8, 4) is 11.3 Å². The van der Waals surface area contributed by atoms with Gasteiger partial charge in [0.05, 0.1) is 23.0 Å². The van der Waals surface area contributed by atoms with E-state index < -0.39 is 0 Å². The van der Waals surface area contributed by atoms with E-state index in [9.17, 15) is 4.79 Å². The third kappa shape index (κ3) is 3.85. The molecule has 1 amide bonds. The molecule has 1 saturated heterocycles. The Bertz CT molecular complexity index is 958. The molecule has 0 radical (unpaired) electrons. The highest BCUT2D eigenvalue weighted by molar-refractivity contribution is 6.07. The highest BCUT2D eigenvalue weighted by atomic mass is 16.1. The van der Waals surface area contributed by atoms with Gasteiger partial charge in [0.15, 0.2) is 0 Å². The third-order valence-electron chi connectivity index (χ3n) is 5.07. The molecule has 1 aromatic carbocycles. The Morgan fingerprint density at radius 3 is 2.78 bits per heavy atom. The summed E-state index contributed by atoms with van der Waals surface area (Å²) in [5.74, 6) is -0.0505. The van der Waals surface area contributed by atoms with E-state index in [-0.39, 0.29) is 11.9 Å². The van der Waals surface area contributed by atoms with E-state index in [1.54, 1.807) is 10.9 Å². The van der Waals surface area contributed by atoms with Crippen LogP contribution in [0.15, 0.2) is 42.7 Å². The lowest BCUT2D eigenvalue weighted by atomic mass is 10.0. The first-order valence-electron chi connectivity index (χ1n) is 9.52. The van der Waals surface area contributed by atoms with E-state index in [4.69, 9.17) is 4.98 Å². The predicted octanol–water partition coefficient (Wildman–Crippen LogP) is 2.85. The van der Waals surface area contributed by atoms with Crippen LogP contribution in [0.5, 0.6) is 0 Å². The Labute approximate surface area is 159 Å². The number of nitrogens with one attached hydrogen (secondary N) is 1. The van der Waals surface area contributed by atoms with Crippen LogP contribution in [0.25, 0.3) is 22.2 Å². The smallest absolute Gasteiger partial charge is 0.252 e. The van der Waals surface area contributed by atoms with Gasteiger partial charge in [-0.05, 0) is 45.0 Å². The fourth-order valence-corrected chi connectivity index (χ4v) is 3.76.